The molecule has 3 fully saturated rings. The number of rotatable bonds is 2. The van der Waals surface area contributed by atoms with Gasteiger partial charge in [0.15, 0.2) is 0 Å². The van der Waals surface area contributed by atoms with Crippen LogP contribution in [-0.4, -0.2) is 67.3 Å². The van der Waals surface area contributed by atoms with Crippen LogP contribution in [0.25, 0.3) is 0 Å². The highest BCUT2D eigenvalue weighted by molar-refractivity contribution is 5.09. The first kappa shape index (κ1) is 11.9. The zero-order valence-electron chi connectivity index (χ0n) is 10.7. The van der Waals surface area contributed by atoms with E-state index in [1.54, 1.807) is 0 Å². The standard InChI is InChI=1S/C13H25N3O/c14-11-13(16-6-2-9-17-10-8-16)4-7-15-5-1-3-12(13)15/h12H,1-11,14H2. The Morgan fingerprint density at radius 1 is 1.12 bits per heavy atom. The van der Waals surface area contributed by atoms with Crippen molar-refractivity contribution < 1.29 is 4.74 Å². The third-order valence-electron chi connectivity index (χ3n) is 5.02. The molecule has 2 N–H and O–H groups in total. The van der Waals surface area contributed by atoms with Gasteiger partial charge in [0.05, 0.1) is 6.61 Å². The van der Waals surface area contributed by atoms with E-state index >= 15 is 0 Å². The number of ether oxygens (including phenoxy) is 1. The molecule has 0 aromatic heterocycles. The Hall–Kier alpha value is -0.160. The first-order valence-corrected chi connectivity index (χ1v) is 7.14. The van der Waals surface area contributed by atoms with Crippen molar-refractivity contribution in [1.82, 2.24) is 9.80 Å². The van der Waals surface area contributed by atoms with E-state index < -0.39 is 0 Å². The van der Waals surface area contributed by atoms with E-state index in [1.165, 1.54) is 38.9 Å². The topological polar surface area (TPSA) is 41.7 Å². The zero-order valence-corrected chi connectivity index (χ0v) is 10.7. The lowest BCUT2D eigenvalue weighted by molar-refractivity contribution is 0.0591. The van der Waals surface area contributed by atoms with Gasteiger partial charge >= 0.3 is 0 Å². The summed E-state index contributed by atoms with van der Waals surface area (Å²) in [6.45, 7) is 7.40. The summed E-state index contributed by atoms with van der Waals surface area (Å²) in [7, 11) is 0. The molecule has 98 valence electrons. The van der Waals surface area contributed by atoms with Gasteiger partial charge < -0.3 is 10.5 Å². The molecule has 0 spiro atoms. The molecule has 2 atom stereocenters. The monoisotopic (exact) mass is 239 g/mol. The summed E-state index contributed by atoms with van der Waals surface area (Å²) in [6, 6.07) is 0.714. The third-order valence-corrected chi connectivity index (χ3v) is 5.02. The van der Waals surface area contributed by atoms with Crippen LogP contribution < -0.4 is 5.73 Å². The van der Waals surface area contributed by atoms with Gasteiger partial charge in [-0.25, -0.2) is 0 Å². The Morgan fingerprint density at radius 3 is 2.94 bits per heavy atom. The summed E-state index contributed by atoms with van der Waals surface area (Å²) in [5.74, 6) is 0. The average Bonchev–Trinajstić information content (AvgIpc) is 2.83. The van der Waals surface area contributed by atoms with Crippen molar-refractivity contribution in [3.63, 3.8) is 0 Å². The second-order valence-corrected chi connectivity index (χ2v) is 5.70. The van der Waals surface area contributed by atoms with Gasteiger partial charge in [-0.2, -0.15) is 0 Å². The van der Waals surface area contributed by atoms with E-state index in [4.69, 9.17) is 10.5 Å². The maximum atomic E-state index is 6.20. The summed E-state index contributed by atoms with van der Waals surface area (Å²) in [5.41, 5.74) is 6.45. The van der Waals surface area contributed by atoms with E-state index in [1.807, 2.05) is 0 Å². The lowest BCUT2D eigenvalue weighted by Crippen LogP contribution is -2.60. The predicted octanol–water partition coefficient (Wildman–Crippen LogP) is 0.274. The van der Waals surface area contributed by atoms with Gasteiger partial charge in [-0.05, 0) is 32.2 Å². The highest BCUT2D eigenvalue weighted by Crippen LogP contribution is 2.39. The first-order chi connectivity index (χ1) is 8.37. The minimum atomic E-state index is 0.254. The molecule has 0 amide bonds. The normalized spacial score (nSPS) is 40.4. The van der Waals surface area contributed by atoms with Crippen molar-refractivity contribution in [3.8, 4) is 0 Å². The maximum Gasteiger partial charge on any atom is 0.0593 e. The van der Waals surface area contributed by atoms with Crippen LogP contribution in [0.3, 0.4) is 0 Å². The Labute approximate surface area is 104 Å². The van der Waals surface area contributed by atoms with E-state index in [9.17, 15) is 0 Å². The quantitative estimate of drug-likeness (QED) is 0.751. The van der Waals surface area contributed by atoms with Crippen LogP contribution in [-0.2, 0) is 4.74 Å². The molecule has 0 aromatic carbocycles. The number of hydrogen-bond acceptors (Lipinski definition) is 4. The lowest BCUT2D eigenvalue weighted by Gasteiger charge is -2.44. The fourth-order valence-corrected chi connectivity index (χ4v) is 4.13. The minimum Gasteiger partial charge on any atom is -0.380 e. The molecule has 3 rings (SSSR count). The van der Waals surface area contributed by atoms with Gasteiger partial charge in [0.1, 0.15) is 0 Å². The number of hydrogen-bond donors (Lipinski definition) is 1. The maximum absolute atomic E-state index is 6.20. The van der Waals surface area contributed by atoms with Crippen molar-refractivity contribution >= 4 is 0 Å². The molecule has 0 aromatic rings. The van der Waals surface area contributed by atoms with Gasteiger partial charge in [-0.1, -0.05) is 0 Å². The fourth-order valence-electron chi connectivity index (χ4n) is 4.13. The Balaban J connectivity index is 1.80. The SMILES string of the molecule is NCC1(N2CCCOCC2)CCN2CCCC21. The summed E-state index contributed by atoms with van der Waals surface area (Å²) in [4.78, 5) is 5.31. The van der Waals surface area contributed by atoms with Gasteiger partial charge in [-0.15, -0.1) is 0 Å². The smallest absolute Gasteiger partial charge is 0.0593 e. The van der Waals surface area contributed by atoms with Crippen LogP contribution in [0.1, 0.15) is 25.7 Å². The molecule has 0 radical (unpaired) electrons. The first-order valence-electron chi connectivity index (χ1n) is 7.14. The summed E-state index contributed by atoms with van der Waals surface area (Å²) in [6.07, 6.45) is 5.12. The average molecular weight is 239 g/mol. The highest BCUT2D eigenvalue weighted by Gasteiger charge is 2.51. The Bertz CT molecular complexity index is 265. The van der Waals surface area contributed by atoms with Crippen molar-refractivity contribution in [2.45, 2.75) is 37.3 Å². The lowest BCUT2D eigenvalue weighted by atomic mass is 9.86. The molecule has 3 aliphatic rings. The zero-order chi connectivity index (χ0) is 11.7. The van der Waals surface area contributed by atoms with E-state index in [2.05, 4.69) is 9.80 Å². The highest BCUT2D eigenvalue weighted by atomic mass is 16.5. The third kappa shape index (κ3) is 1.91. The largest absolute Gasteiger partial charge is 0.380 e. The Kier molecular flexibility index (Phi) is 3.39. The molecular weight excluding hydrogens is 214 g/mol. The van der Waals surface area contributed by atoms with Crippen LogP contribution in [0.15, 0.2) is 0 Å². The molecule has 3 aliphatic heterocycles. The van der Waals surface area contributed by atoms with Gasteiger partial charge in [-0.3, -0.25) is 9.80 Å². The molecule has 0 saturated carbocycles. The summed E-state index contributed by atoms with van der Waals surface area (Å²) in [5, 5.41) is 0. The van der Waals surface area contributed by atoms with Gasteiger partial charge in [0, 0.05) is 44.4 Å². The fraction of sp³-hybridized carbons (Fsp3) is 1.00. The molecule has 3 saturated heterocycles. The van der Waals surface area contributed by atoms with Crippen molar-refractivity contribution in [2.75, 3.05) is 45.9 Å². The van der Waals surface area contributed by atoms with Crippen LogP contribution in [0.2, 0.25) is 0 Å². The van der Waals surface area contributed by atoms with Crippen LogP contribution in [0, 0.1) is 0 Å². The molecule has 4 nitrogen and oxygen atoms in total. The van der Waals surface area contributed by atoms with E-state index in [0.29, 0.717) is 6.04 Å². The summed E-state index contributed by atoms with van der Waals surface area (Å²) < 4.78 is 5.59. The Morgan fingerprint density at radius 2 is 2.06 bits per heavy atom. The molecule has 2 unspecified atom stereocenters. The van der Waals surface area contributed by atoms with Gasteiger partial charge in [0.25, 0.3) is 0 Å². The van der Waals surface area contributed by atoms with Crippen molar-refractivity contribution in [3.05, 3.63) is 0 Å². The second-order valence-electron chi connectivity index (χ2n) is 5.70. The molecule has 4 heteroatoms. The minimum absolute atomic E-state index is 0.254. The molecule has 3 heterocycles. The van der Waals surface area contributed by atoms with Crippen LogP contribution >= 0.6 is 0 Å². The van der Waals surface area contributed by atoms with Gasteiger partial charge in [0.2, 0.25) is 0 Å². The number of fused-ring (bicyclic) bond motifs is 1. The number of nitrogens with zero attached hydrogens (tertiary/aromatic N) is 2. The molecule has 0 bridgehead atoms. The van der Waals surface area contributed by atoms with Crippen molar-refractivity contribution in [2.24, 2.45) is 5.73 Å². The number of nitrogens with two attached hydrogens (primary N) is 1. The summed E-state index contributed by atoms with van der Waals surface area (Å²) >= 11 is 0. The van der Waals surface area contributed by atoms with E-state index in [-0.39, 0.29) is 5.54 Å². The second kappa shape index (κ2) is 4.84. The van der Waals surface area contributed by atoms with Crippen LogP contribution in [0.5, 0.6) is 0 Å². The van der Waals surface area contributed by atoms with Crippen LogP contribution in [0.4, 0.5) is 0 Å². The molecule has 0 aliphatic carbocycles. The van der Waals surface area contributed by atoms with E-state index in [0.717, 1.165) is 32.7 Å². The predicted molar refractivity (Wildman–Crippen MR) is 68.0 cm³/mol. The molecule has 17 heavy (non-hydrogen) atoms. The van der Waals surface area contributed by atoms with Crippen molar-refractivity contribution in [1.29, 1.82) is 0 Å². The molecular formula is C13H25N3O.